The van der Waals surface area contributed by atoms with Crippen LogP contribution in [0.4, 0.5) is 4.39 Å². The summed E-state index contributed by atoms with van der Waals surface area (Å²) in [5.74, 6) is -0.117. The average molecular weight is 223 g/mol. The van der Waals surface area contributed by atoms with Crippen molar-refractivity contribution < 1.29 is 4.39 Å². The first-order valence-corrected chi connectivity index (χ1v) is 6.01. The fourth-order valence-electron chi connectivity index (χ4n) is 1.56. The lowest BCUT2D eigenvalue weighted by atomic mass is 9.95. The number of rotatable bonds is 5. The Labute approximate surface area is 98.1 Å². The second-order valence-corrected chi connectivity index (χ2v) is 4.70. The minimum atomic E-state index is -0.117. The van der Waals surface area contributed by atoms with Crippen LogP contribution in [0.15, 0.2) is 18.2 Å². The summed E-state index contributed by atoms with van der Waals surface area (Å²) in [6.45, 7) is 9.07. The fraction of sp³-hybridized carbons (Fsp3) is 0.571. The van der Waals surface area contributed by atoms with E-state index in [1.54, 1.807) is 13.0 Å². The van der Waals surface area contributed by atoms with Crippen molar-refractivity contribution in [2.24, 2.45) is 0 Å². The third kappa shape index (κ3) is 3.31. The Morgan fingerprint density at radius 3 is 2.38 bits per heavy atom. The van der Waals surface area contributed by atoms with Crippen molar-refractivity contribution in [2.45, 2.75) is 52.6 Å². The van der Waals surface area contributed by atoms with Crippen LogP contribution < -0.4 is 5.32 Å². The fourth-order valence-corrected chi connectivity index (χ4v) is 1.56. The lowest BCUT2D eigenvalue weighted by Crippen LogP contribution is -2.40. The minimum absolute atomic E-state index is 0.117. The molecule has 16 heavy (non-hydrogen) atoms. The minimum Gasteiger partial charge on any atom is -0.307 e. The molecule has 2 heteroatoms. The lowest BCUT2D eigenvalue weighted by Gasteiger charge is -2.28. The normalized spacial score (nSPS) is 11.8. The van der Waals surface area contributed by atoms with Crippen molar-refractivity contribution in [1.29, 1.82) is 0 Å². The summed E-state index contributed by atoms with van der Waals surface area (Å²) in [5, 5.41) is 3.49. The molecule has 0 bridgehead atoms. The van der Waals surface area contributed by atoms with E-state index in [2.05, 4.69) is 26.1 Å². The zero-order valence-corrected chi connectivity index (χ0v) is 10.7. The van der Waals surface area contributed by atoms with Crippen LogP contribution in [-0.2, 0) is 6.54 Å². The van der Waals surface area contributed by atoms with E-state index < -0.39 is 0 Å². The Morgan fingerprint density at radius 1 is 1.25 bits per heavy atom. The highest BCUT2D eigenvalue weighted by Crippen LogP contribution is 2.15. The van der Waals surface area contributed by atoms with Gasteiger partial charge in [0.15, 0.2) is 0 Å². The third-order valence-electron chi connectivity index (χ3n) is 3.52. The van der Waals surface area contributed by atoms with Crippen molar-refractivity contribution in [2.75, 3.05) is 0 Å². The number of hydrogen-bond donors (Lipinski definition) is 1. The van der Waals surface area contributed by atoms with E-state index in [1.165, 1.54) is 0 Å². The first-order chi connectivity index (χ1) is 7.50. The Kier molecular flexibility index (Phi) is 4.48. The molecule has 0 radical (unpaired) electrons. The van der Waals surface area contributed by atoms with Gasteiger partial charge in [0.1, 0.15) is 5.82 Å². The van der Waals surface area contributed by atoms with Crippen LogP contribution >= 0.6 is 0 Å². The Bertz CT molecular complexity index is 343. The van der Waals surface area contributed by atoms with Gasteiger partial charge in [-0.15, -0.1) is 0 Å². The Morgan fingerprint density at radius 2 is 1.88 bits per heavy atom. The molecule has 0 aliphatic heterocycles. The SMILES string of the molecule is CCC(C)(CC)NCc1ccc(C)c(F)c1. The average Bonchev–Trinajstić information content (AvgIpc) is 2.30. The van der Waals surface area contributed by atoms with E-state index in [9.17, 15) is 4.39 Å². The molecule has 0 amide bonds. The van der Waals surface area contributed by atoms with E-state index in [1.807, 2.05) is 12.1 Å². The first-order valence-electron chi connectivity index (χ1n) is 6.01. The highest BCUT2D eigenvalue weighted by atomic mass is 19.1. The van der Waals surface area contributed by atoms with Gasteiger partial charge >= 0.3 is 0 Å². The maximum Gasteiger partial charge on any atom is 0.126 e. The Balaban J connectivity index is 2.64. The van der Waals surface area contributed by atoms with Gasteiger partial charge in [-0.3, -0.25) is 0 Å². The van der Waals surface area contributed by atoms with Crippen LogP contribution in [0.1, 0.15) is 44.7 Å². The number of benzene rings is 1. The van der Waals surface area contributed by atoms with Crippen LogP contribution in [-0.4, -0.2) is 5.54 Å². The van der Waals surface area contributed by atoms with Gasteiger partial charge in [-0.2, -0.15) is 0 Å². The largest absolute Gasteiger partial charge is 0.307 e. The maximum absolute atomic E-state index is 13.3. The van der Waals surface area contributed by atoms with Crippen molar-refractivity contribution >= 4 is 0 Å². The van der Waals surface area contributed by atoms with E-state index in [4.69, 9.17) is 0 Å². The smallest absolute Gasteiger partial charge is 0.126 e. The van der Waals surface area contributed by atoms with Crippen molar-refractivity contribution in [3.63, 3.8) is 0 Å². The van der Waals surface area contributed by atoms with Crippen LogP contribution in [0.3, 0.4) is 0 Å². The lowest BCUT2D eigenvalue weighted by molar-refractivity contribution is 0.329. The summed E-state index contributed by atoms with van der Waals surface area (Å²) in [5.41, 5.74) is 1.87. The van der Waals surface area contributed by atoms with Crippen molar-refractivity contribution in [3.8, 4) is 0 Å². The molecular weight excluding hydrogens is 201 g/mol. The third-order valence-corrected chi connectivity index (χ3v) is 3.52. The van der Waals surface area contributed by atoms with Crippen LogP contribution in [0.5, 0.6) is 0 Å². The predicted molar refractivity (Wildman–Crippen MR) is 67.0 cm³/mol. The first kappa shape index (κ1) is 13.2. The summed E-state index contributed by atoms with van der Waals surface area (Å²) >= 11 is 0. The number of halogens is 1. The Hall–Kier alpha value is -0.890. The second-order valence-electron chi connectivity index (χ2n) is 4.70. The summed E-state index contributed by atoms with van der Waals surface area (Å²) < 4.78 is 13.3. The highest BCUT2D eigenvalue weighted by Gasteiger charge is 2.18. The second kappa shape index (κ2) is 5.44. The molecule has 90 valence electrons. The van der Waals surface area contributed by atoms with Gasteiger partial charge < -0.3 is 5.32 Å². The molecule has 1 aromatic rings. The molecule has 0 aliphatic carbocycles. The summed E-state index contributed by atoms with van der Waals surface area (Å²) in [7, 11) is 0. The molecule has 0 saturated carbocycles. The van der Waals surface area contributed by atoms with Gasteiger partial charge in [0.25, 0.3) is 0 Å². The monoisotopic (exact) mass is 223 g/mol. The van der Waals surface area contributed by atoms with Gasteiger partial charge in [0.05, 0.1) is 0 Å². The molecule has 1 N–H and O–H groups in total. The number of nitrogens with one attached hydrogen (secondary N) is 1. The van der Waals surface area contributed by atoms with Gasteiger partial charge in [-0.1, -0.05) is 26.0 Å². The number of aryl methyl sites for hydroxylation is 1. The molecule has 0 saturated heterocycles. The highest BCUT2D eigenvalue weighted by molar-refractivity contribution is 5.23. The van der Waals surface area contributed by atoms with Gasteiger partial charge in [0.2, 0.25) is 0 Å². The summed E-state index contributed by atoms with van der Waals surface area (Å²) in [6, 6.07) is 5.44. The van der Waals surface area contributed by atoms with E-state index in [0.717, 1.165) is 24.9 Å². The predicted octanol–water partition coefficient (Wildman–Crippen LogP) is 3.80. The molecule has 0 heterocycles. The molecule has 1 rings (SSSR count). The molecule has 0 fully saturated rings. The molecule has 1 nitrogen and oxygen atoms in total. The zero-order valence-electron chi connectivity index (χ0n) is 10.7. The molecule has 0 aliphatic rings. The van der Waals surface area contributed by atoms with Gasteiger partial charge in [0, 0.05) is 12.1 Å². The van der Waals surface area contributed by atoms with Crippen molar-refractivity contribution in [3.05, 3.63) is 35.1 Å². The standard InChI is InChI=1S/C14H22FN/c1-5-14(4,6-2)16-10-12-8-7-11(3)13(15)9-12/h7-9,16H,5-6,10H2,1-4H3. The number of hydrogen-bond acceptors (Lipinski definition) is 1. The van der Waals surface area contributed by atoms with E-state index in [-0.39, 0.29) is 11.4 Å². The van der Waals surface area contributed by atoms with Crippen LogP contribution in [0.25, 0.3) is 0 Å². The van der Waals surface area contributed by atoms with Gasteiger partial charge in [-0.25, -0.2) is 4.39 Å². The topological polar surface area (TPSA) is 12.0 Å². The quantitative estimate of drug-likeness (QED) is 0.800. The molecular formula is C14H22FN. The molecule has 0 atom stereocenters. The van der Waals surface area contributed by atoms with Crippen LogP contribution in [0.2, 0.25) is 0 Å². The van der Waals surface area contributed by atoms with E-state index in [0.29, 0.717) is 5.56 Å². The molecule has 0 aromatic heterocycles. The van der Waals surface area contributed by atoms with Crippen molar-refractivity contribution in [1.82, 2.24) is 5.32 Å². The zero-order chi connectivity index (χ0) is 12.2. The van der Waals surface area contributed by atoms with Crippen LogP contribution in [0, 0.1) is 12.7 Å². The molecule has 1 aromatic carbocycles. The summed E-state index contributed by atoms with van der Waals surface area (Å²) in [4.78, 5) is 0. The molecule has 0 spiro atoms. The van der Waals surface area contributed by atoms with E-state index >= 15 is 0 Å². The molecule has 0 unspecified atom stereocenters. The van der Waals surface area contributed by atoms with Gasteiger partial charge in [-0.05, 0) is 43.9 Å². The summed E-state index contributed by atoms with van der Waals surface area (Å²) in [6.07, 6.45) is 2.16. The maximum atomic E-state index is 13.3.